The number of furan rings is 1. The van der Waals surface area contributed by atoms with Gasteiger partial charge in [-0.3, -0.25) is 9.36 Å². The molecule has 5 aromatic rings. The van der Waals surface area contributed by atoms with Gasteiger partial charge in [0.2, 0.25) is 0 Å². The molecular weight excluding hydrogens is 551 g/mol. The van der Waals surface area contributed by atoms with Gasteiger partial charge in [-0.15, -0.1) is 0 Å². The van der Waals surface area contributed by atoms with Gasteiger partial charge in [-0.25, -0.2) is 14.2 Å². The predicted octanol–water partition coefficient (Wildman–Crippen LogP) is 5.89. The van der Waals surface area contributed by atoms with E-state index in [1.165, 1.54) is 29.0 Å². The maximum Gasteiger partial charge on any atom is 0.338 e. The molecule has 0 amide bonds. The molecule has 1 aliphatic heterocycles. The lowest BCUT2D eigenvalue weighted by Gasteiger charge is -2.30. The third kappa shape index (κ3) is 4.54. The van der Waals surface area contributed by atoms with Gasteiger partial charge in [0.25, 0.3) is 5.56 Å². The van der Waals surface area contributed by atoms with Gasteiger partial charge < -0.3 is 9.15 Å². The zero-order valence-electron chi connectivity index (χ0n) is 22.7. The number of benzene rings is 3. The lowest BCUT2D eigenvalue weighted by Crippen LogP contribution is -2.38. The molecule has 3 aromatic carbocycles. The smallest absolute Gasteiger partial charge is 0.338 e. The van der Waals surface area contributed by atoms with Crippen LogP contribution in [0.15, 0.2) is 105 Å². The number of hydrogen-bond donors (Lipinski definition) is 0. The number of allylic oxidation sites excluding steroid dienone is 1. The summed E-state index contributed by atoms with van der Waals surface area (Å²) in [5.41, 5.74) is 6.07. The molecule has 1 aliphatic carbocycles. The number of rotatable bonds is 5. The number of fused-ring (bicyclic) bond motifs is 3. The maximum absolute atomic E-state index is 13.9. The Morgan fingerprint density at radius 2 is 1.90 bits per heavy atom. The zero-order valence-corrected chi connectivity index (χ0v) is 23.5. The molecule has 6 nitrogen and oxygen atoms in total. The number of nitrogens with zero attached hydrogens (tertiary/aromatic N) is 2. The topological polar surface area (TPSA) is 73.8 Å². The van der Waals surface area contributed by atoms with E-state index in [2.05, 4.69) is 12.1 Å². The molecule has 2 aliphatic rings. The monoisotopic (exact) mass is 576 g/mol. The molecule has 0 bridgehead atoms. The largest absolute Gasteiger partial charge is 0.462 e. The number of thiazole rings is 1. The summed E-state index contributed by atoms with van der Waals surface area (Å²) in [4.78, 5) is 31.7. The molecule has 0 N–H and O–H groups in total. The molecule has 3 heterocycles. The Kier molecular flexibility index (Phi) is 6.55. The van der Waals surface area contributed by atoms with E-state index in [0.29, 0.717) is 33.0 Å². The Bertz CT molecular complexity index is 2070. The third-order valence-electron chi connectivity index (χ3n) is 7.62. The zero-order chi connectivity index (χ0) is 28.8. The molecule has 0 unspecified atom stereocenters. The maximum atomic E-state index is 13.9. The van der Waals surface area contributed by atoms with Crippen molar-refractivity contribution in [2.24, 2.45) is 4.99 Å². The van der Waals surface area contributed by atoms with Gasteiger partial charge in [-0.1, -0.05) is 59.9 Å². The molecule has 42 heavy (non-hydrogen) atoms. The summed E-state index contributed by atoms with van der Waals surface area (Å²) in [5.74, 6) is 0.352. The van der Waals surface area contributed by atoms with Crippen molar-refractivity contribution in [1.82, 2.24) is 4.57 Å². The SMILES string of the molecule is CCOC(=O)c1cccc(-c2ccc(/C=c3/sc4n(c3=O)[C@H](c3ccc(F)cc3)C3=C(N=4)c4ccccc4CC3)o2)c1. The van der Waals surface area contributed by atoms with Crippen molar-refractivity contribution >= 4 is 29.1 Å². The van der Waals surface area contributed by atoms with Crippen molar-refractivity contribution in [3.05, 3.63) is 144 Å². The lowest BCUT2D eigenvalue weighted by molar-refractivity contribution is 0.0526. The Hall–Kier alpha value is -4.82. The highest BCUT2D eigenvalue weighted by atomic mass is 32.1. The summed E-state index contributed by atoms with van der Waals surface area (Å²) in [7, 11) is 0. The van der Waals surface area contributed by atoms with Crippen molar-refractivity contribution in [2.45, 2.75) is 25.8 Å². The number of halogens is 1. The predicted molar refractivity (Wildman–Crippen MR) is 159 cm³/mol. The van der Waals surface area contributed by atoms with Gasteiger partial charge in [0, 0.05) is 17.2 Å². The van der Waals surface area contributed by atoms with E-state index in [1.807, 2.05) is 24.3 Å². The standard InChI is InChI=1S/C34H25FN2O4S/c1-2-40-33(39)23-8-5-7-22(18-23)28-17-15-25(41-28)19-29-32(38)37-31(21-10-13-24(35)14-11-21)27-16-12-20-6-3-4-9-26(20)30(27)36-34(37)42-29/h3-11,13-15,17-19,31H,2,12,16H2,1H3/b29-19+/t31-/m1/s1. The van der Waals surface area contributed by atoms with Crippen molar-refractivity contribution < 1.29 is 18.3 Å². The average Bonchev–Trinajstić information content (AvgIpc) is 3.61. The molecule has 0 radical (unpaired) electrons. The number of aromatic nitrogens is 1. The van der Waals surface area contributed by atoms with Crippen LogP contribution < -0.4 is 14.9 Å². The van der Waals surface area contributed by atoms with Crippen LogP contribution in [0, 0.1) is 5.82 Å². The molecule has 8 heteroatoms. The Morgan fingerprint density at radius 3 is 2.74 bits per heavy atom. The average molecular weight is 577 g/mol. The number of aryl methyl sites for hydroxylation is 1. The fraction of sp³-hybridized carbons (Fsp3) is 0.147. The van der Waals surface area contributed by atoms with Crippen LogP contribution in [0.5, 0.6) is 0 Å². The van der Waals surface area contributed by atoms with Gasteiger partial charge in [-0.2, -0.15) is 0 Å². The second kappa shape index (κ2) is 10.5. The van der Waals surface area contributed by atoms with E-state index in [4.69, 9.17) is 14.1 Å². The Balaban J connectivity index is 1.33. The number of hydrogen-bond acceptors (Lipinski definition) is 6. The van der Waals surface area contributed by atoms with Crippen LogP contribution in [-0.4, -0.2) is 17.1 Å². The highest BCUT2D eigenvalue weighted by molar-refractivity contribution is 7.07. The van der Waals surface area contributed by atoms with Crippen molar-refractivity contribution in [2.75, 3.05) is 6.61 Å². The van der Waals surface area contributed by atoms with E-state index in [0.717, 1.165) is 40.8 Å². The minimum absolute atomic E-state index is 0.180. The fourth-order valence-corrected chi connectivity index (χ4v) is 6.68. The van der Waals surface area contributed by atoms with Crippen molar-refractivity contribution in [1.29, 1.82) is 0 Å². The summed E-state index contributed by atoms with van der Waals surface area (Å²) < 4.78 is 27.3. The number of ether oxygens (including phenoxy) is 1. The van der Waals surface area contributed by atoms with Crippen LogP contribution in [0.1, 0.15) is 52.2 Å². The van der Waals surface area contributed by atoms with E-state index >= 15 is 0 Å². The minimum atomic E-state index is -0.395. The normalized spacial score (nSPS) is 16.0. The minimum Gasteiger partial charge on any atom is -0.462 e. The summed E-state index contributed by atoms with van der Waals surface area (Å²) in [6, 6.07) is 24.9. The Morgan fingerprint density at radius 1 is 1.07 bits per heavy atom. The van der Waals surface area contributed by atoms with E-state index < -0.39 is 5.97 Å². The van der Waals surface area contributed by atoms with Gasteiger partial charge in [0.15, 0.2) is 4.80 Å². The molecule has 0 saturated heterocycles. The summed E-state index contributed by atoms with van der Waals surface area (Å²) in [6.45, 7) is 2.06. The van der Waals surface area contributed by atoms with Gasteiger partial charge in [0.1, 0.15) is 17.3 Å². The highest BCUT2D eigenvalue weighted by Gasteiger charge is 2.32. The second-order valence-electron chi connectivity index (χ2n) is 10.2. The molecule has 208 valence electrons. The number of carbonyl (C=O) groups excluding carboxylic acids is 1. The van der Waals surface area contributed by atoms with Crippen LogP contribution in [0.3, 0.4) is 0 Å². The molecule has 2 aromatic heterocycles. The molecular formula is C34H25FN2O4S. The van der Waals surface area contributed by atoms with Crippen LogP contribution >= 0.6 is 11.3 Å². The summed E-state index contributed by atoms with van der Waals surface area (Å²) in [6.07, 6.45) is 3.33. The van der Waals surface area contributed by atoms with Gasteiger partial charge >= 0.3 is 5.97 Å². The van der Waals surface area contributed by atoms with Gasteiger partial charge in [0.05, 0.1) is 28.4 Å². The quantitative estimate of drug-likeness (QED) is 0.245. The van der Waals surface area contributed by atoms with E-state index in [1.54, 1.807) is 54.0 Å². The first-order valence-corrected chi connectivity index (χ1v) is 14.6. The molecule has 0 spiro atoms. The summed E-state index contributed by atoms with van der Waals surface area (Å²) >= 11 is 1.30. The number of carbonyl (C=O) groups is 1. The first kappa shape index (κ1) is 26.1. The van der Waals surface area contributed by atoms with Crippen LogP contribution in [0.4, 0.5) is 4.39 Å². The Labute approximate surface area is 244 Å². The van der Waals surface area contributed by atoms with E-state index in [-0.39, 0.29) is 17.4 Å². The molecule has 1 atom stereocenters. The number of esters is 1. The van der Waals surface area contributed by atoms with E-state index in [9.17, 15) is 14.0 Å². The third-order valence-corrected chi connectivity index (χ3v) is 8.60. The molecule has 7 rings (SSSR count). The highest BCUT2D eigenvalue weighted by Crippen LogP contribution is 2.41. The van der Waals surface area contributed by atoms with Crippen molar-refractivity contribution in [3.8, 4) is 11.3 Å². The molecule has 0 saturated carbocycles. The first-order chi connectivity index (χ1) is 20.5. The van der Waals surface area contributed by atoms with Crippen LogP contribution in [0.25, 0.3) is 23.1 Å². The lowest BCUT2D eigenvalue weighted by atomic mass is 9.83. The van der Waals surface area contributed by atoms with Crippen LogP contribution in [-0.2, 0) is 11.2 Å². The molecule has 0 fully saturated rings. The summed E-state index contributed by atoms with van der Waals surface area (Å²) in [5, 5.41) is 0. The van der Waals surface area contributed by atoms with Crippen molar-refractivity contribution in [3.63, 3.8) is 0 Å². The van der Waals surface area contributed by atoms with Gasteiger partial charge in [-0.05, 0) is 72.9 Å². The fourth-order valence-electron chi connectivity index (χ4n) is 5.70. The first-order valence-electron chi connectivity index (χ1n) is 13.8. The van der Waals surface area contributed by atoms with Crippen LogP contribution in [0.2, 0.25) is 0 Å². The second-order valence-corrected chi connectivity index (χ2v) is 11.2.